The van der Waals surface area contributed by atoms with E-state index < -0.39 is 0 Å². The molecule has 8 nitrogen and oxygen atoms in total. The average molecular weight is 382 g/mol. The quantitative estimate of drug-likeness (QED) is 0.629. The fraction of sp³-hybridized carbons (Fsp3) is 0.389. The van der Waals surface area contributed by atoms with E-state index in [0.717, 1.165) is 41.2 Å². The molecule has 1 saturated carbocycles. The van der Waals surface area contributed by atoms with Gasteiger partial charge in [-0.25, -0.2) is 15.0 Å². The highest BCUT2D eigenvalue weighted by Crippen LogP contribution is 2.25. The lowest BCUT2D eigenvalue weighted by Gasteiger charge is -2.15. The van der Waals surface area contributed by atoms with Crippen molar-refractivity contribution in [1.29, 1.82) is 0 Å². The van der Waals surface area contributed by atoms with Crippen LogP contribution in [0.5, 0.6) is 0 Å². The Hall–Kier alpha value is -2.68. The van der Waals surface area contributed by atoms with Crippen LogP contribution in [0.3, 0.4) is 0 Å². The SMILES string of the molecule is CSc1cnc(N[C@H]2CC[C@H](Nc3ccc(-c4cn(C)nn4)cn3)C2)nc1. The van der Waals surface area contributed by atoms with Gasteiger partial charge in [0.05, 0.1) is 6.20 Å². The summed E-state index contributed by atoms with van der Waals surface area (Å²) in [6.45, 7) is 0. The van der Waals surface area contributed by atoms with E-state index >= 15 is 0 Å². The number of aryl methyl sites for hydroxylation is 1. The van der Waals surface area contributed by atoms with E-state index in [1.165, 1.54) is 0 Å². The van der Waals surface area contributed by atoms with Crippen molar-refractivity contribution in [2.75, 3.05) is 16.9 Å². The molecule has 2 atom stereocenters. The zero-order valence-corrected chi connectivity index (χ0v) is 16.1. The second kappa shape index (κ2) is 7.91. The Balaban J connectivity index is 1.31. The number of hydrogen-bond acceptors (Lipinski definition) is 8. The van der Waals surface area contributed by atoms with Gasteiger partial charge in [-0.3, -0.25) is 4.68 Å². The Labute approximate surface area is 162 Å². The molecule has 0 saturated heterocycles. The molecule has 0 spiro atoms. The van der Waals surface area contributed by atoms with E-state index in [9.17, 15) is 0 Å². The lowest BCUT2D eigenvalue weighted by molar-refractivity contribution is 0.715. The third-order valence-corrected chi connectivity index (χ3v) is 5.33. The largest absolute Gasteiger partial charge is 0.367 e. The number of nitrogens with one attached hydrogen (secondary N) is 2. The first-order valence-electron chi connectivity index (χ1n) is 8.91. The fourth-order valence-electron chi connectivity index (χ4n) is 3.24. The molecule has 140 valence electrons. The Bertz CT molecular complexity index is 877. The second-order valence-corrected chi connectivity index (χ2v) is 7.53. The molecule has 27 heavy (non-hydrogen) atoms. The smallest absolute Gasteiger partial charge is 0.222 e. The number of thioether (sulfide) groups is 1. The van der Waals surface area contributed by atoms with Crippen molar-refractivity contribution >= 4 is 23.5 Å². The number of nitrogens with zero attached hydrogens (tertiary/aromatic N) is 6. The molecule has 3 aromatic heterocycles. The van der Waals surface area contributed by atoms with Crippen LogP contribution in [0, 0.1) is 0 Å². The zero-order chi connectivity index (χ0) is 18.6. The maximum Gasteiger partial charge on any atom is 0.222 e. The number of anilines is 2. The summed E-state index contributed by atoms with van der Waals surface area (Å²) in [5.41, 5.74) is 1.79. The lowest BCUT2D eigenvalue weighted by Crippen LogP contribution is -2.22. The summed E-state index contributed by atoms with van der Waals surface area (Å²) in [5.74, 6) is 1.58. The van der Waals surface area contributed by atoms with Crippen molar-refractivity contribution in [3.05, 3.63) is 36.9 Å². The van der Waals surface area contributed by atoms with E-state index in [-0.39, 0.29) is 0 Å². The van der Waals surface area contributed by atoms with Crippen molar-refractivity contribution in [1.82, 2.24) is 29.9 Å². The molecule has 4 rings (SSSR count). The van der Waals surface area contributed by atoms with Gasteiger partial charge in [0.1, 0.15) is 11.5 Å². The van der Waals surface area contributed by atoms with E-state index in [4.69, 9.17) is 0 Å². The lowest BCUT2D eigenvalue weighted by atomic mass is 10.2. The number of aromatic nitrogens is 6. The Morgan fingerprint density at radius 1 is 1.04 bits per heavy atom. The van der Waals surface area contributed by atoms with E-state index in [0.29, 0.717) is 18.0 Å². The summed E-state index contributed by atoms with van der Waals surface area (Å²) in [5, 5.41) is 15.0. The third kappa shape index (κ3) is 4.36. The summed E-state index contributed by atoms with van der Waals surface area (Å²) in [4.78, 5) is 14.3. The van der Waals surface area contributed by atoms with Gasteiger partial charge in [-0.1, -0.05) is 5.21 Å². The topological polar surface area (TPSA) is 93.4 Å². The molecule has 0 unspecified atom stereocenters. The fourth-order valence-corrected chi connectivity index (χ4v) is 3.56. The minimum absolute atomic E-state index is 0.376. The number of pyridine rings is 1. The average Bonchev–Trinajstić information content (AvgIpc) is 3.32. The van der Waals surface area contributed by atoms with Gasteiger partial charge in [0.2, 0.25) is 5.95 Å². The highest BCUT2D eigenvalue weighted by Gasteiger charge is 2.25. The van der Waals surface area contributed by atoms with Gasteiger partial charge in [0, 0.05) is 48.2 Å². The summed E-state index contributed by atoms with van der Waals surface area (Å²) in [7, 11) is 1.85. The molecule has 0 bridgehead atoms. The van der Waals surface area contributed by atoms with Crippen LogP contribution in [0.25, 0.3) is 11.3 Å². The van der Waals surface area contributed by atoms with E-state index in [1.54, 1.807) is 16.4 Å². The molecule has 2 N–H and O–H groups in total. The van der Waals surface area contributed by atoms with Crippen molar-refractivity contribution in [3.8, 4) is 11.3 Å². The predicted molar refractivity (Wildman–Crippen MR) is 107 cm³/mol. The summed E-state index contributed by atoms with van der Waals surface area (Å²) in [6, 6.07) is 4.78. The van der Waals surface area contributed by atoms with Crippen LogP contribution in [0.15, 0.2) is 41.8 Å². The van der Waals surface area contributed by atoms with Gasteiger partial charge in [-0.2, -0.15) is 0 Å². The maximum atomic E-state index is 4.52. The van der Waals surface area contributed by atoms with Crippen LogP contribution in [0.1, 0.15) is 19.3 Å². The van der Waals surface area contributed by atoms with Crippen LogP contribution in [0.2, 0.25) is 0 Å². The molecule has 0 aliphatic heterocycles. The van der Waals surface area contributed by atoms with Gasteiger partial charge in [-0.15, -0.1) is 16.9 Å². The molecule has 0 radical (unpaired) electrons. The molecule has 1 fully saturated rings. The molecule has 0 amide bonds. The monoisotopic (exact) mass is 382 g/mol. The number of rotatable bonds is 6. The van der Waals surface area contributed by atoms with Gasteiger partial charge >= 0.3 is 0 Å². The van der Waals surface area contributed by atoms with Crippen molar-refractivity contribution in [3.63, 3.8) is 0 Å². The summed E-state index contributed by atoms with van der Waals surface area (Å²) < 4.78 is 1.69. The molecular weight excluding hydrogens is 360 g/mol. The third-order valence-electron chi connectivity index (χ3n) is 4.64. The predicted octanol–water partition coefficient (Wildman–Crippen LogP) is 2.83. The molecule has 1 aliphatic rings. The molecule has 3 aromatic rings. The van der Waals surface area contributed by atoms with Gasteiger partial charge in [-0.05, 0) is 37.7 Å². The van der Waals surface area contributed by atoms with E-state index in [2.05, 4.69) is 35.9 Å². The van der Waals surface area contributed by atoms with Crippen LogP contribution in [-0.4, -0.2) is 48.3 Å². The summed E-state index contributed by atoms with van der Waals surface area (Å²) >= 11 is 1.64. The standard InChI is InChI=1S/C18H22N8S/c1-26-11-16(24-25-26)12-3-6-17(19-8-12)22-13-4-5-14(7-13)23-18-20-9-15(27-2)10-21-18/h3,6,8-11,13-14H,4-5,7H2,1-2H3,(H,19,22)(H,20,21,23)/t13-,14-/m0/s1. The first-order chi connectivity index (χ1) is 13.2. The van der Waals surface area contributed by atoms with Crippen LogP contribution in [0.4, 0.5) is 11.8 Å². The first-order valence-corrected chi connectivity index (χ1v) is 10.1. The molecular formula is C18H22N8S. The second-order valence-electron chi connectivity index (χ2n) is 6.65. The van der Waals surface area contributed by atoms with Gasteiger partial charge in [0.25, 0.3) is 0 Å². The van der Waals surface area contributed by atoms with Crippen molar-refractivity contribution in [2.45, 2.75) is 36.2 Å². The van der Waals surface area contributed by atoms with Crippen LogP contribution >= 0.6 is 11.8 Å². The van der Waals surface area contributed by atoms with Crippen LogP contribution < -0.4 is 10.6 Å². The van der Waals surface area contributed by atoms with Crippen molar-refractivity contribution in [2.24, 2.45) is 7.05 Å². The molecule has 9 heteroatoms. The Morgan fingerprint density at radius 2 is 1.81 bits per heavy atom. The normalized spacial score (nSPS) is 19.2. The minimum atomic E-state index is 0.376. The van der Waals surface area contributed by atoms with Crippen molar-refractivity contribution < 1.29 is 0 Å². The first kappa shape index (κ1) is 17.7. The minimum Gasteiger partial charge on any atom is -0.367 e. The molecule has 3 heterocycles. The Morgan fingerprint density at radius 3 is 2.44 bits per heavy atom. The number of hydrogen-bond donors (Lipinski definition) is 2. The van der Waals surface area contributed by atoms with Gasteiger partial charge < -0.3 is 10.6 Å². The molecule has 0 aromatic carbocycles. The highest BCUT2D eigenvalue weighted by molar-refractivity contribution is 7.98. The summed E-state index contributed by atoms with van der Waals surface area (Å²) in [6.07, 6.45) is 12.6. The maximum absolute atomic E-state index is 4.52. The van der Waals surface area contributed by atoms with Gasteiger partial charge in [0.15, 0.2) is 0 Å². The highest BCUT2D eigenvalue weighted by atomic mass is 32.2. The zero-order valence-electron chi connectivity index (χ0n) is 15.3. The van der Waals surface area contributed by atoms with E-state index in [1.807, 2.05) is 50.2 Å². The molecule has 1 aliphatic carbocycles. The Kier molecular flexibility index (Phi) is 5.19. The van der Waals surface area contributed by atoms with Crippen LogP contribution in [-0.2, 0) is 7.05 Å².